The number of hydrogen-bond donors (Lipinski definition) is 1. The van der Waals surface area contributed by atoms with Crippen LogP contribution in [0.15, 0.2) is 81.9 Å². The molecule has 0 bridgehead atoms. The van der Waals surface area contributed by atoms with E-state index in [-0.39, 0.29) is 34.9 Å². The standard InChI is InChI=1S/C24H17FN4O5S/c25-16-6-8-17(9-7-16)28-23(31)21(12-15-3-1-4-18(11-15)29(32)33)35-24(28)20(13-26)22(30)27-14-19-5-2-10-34-19/h1-11,21H,12,14H2,(H,27,30)/b24-20-. The minimum absolute atomic E-state index is 0.0383. The monoisotopic (exact) mass is 492 g/mol. The van der Waals surface area contributed by atoms with Crippen LogP contribution in [0, 0.1) is 27.3 Å². The van der Waals surface area contributed by atoms with Gasteiger partial charge in [-0.05, 0) is 48.4 Å². The molecule has 11 heteroatoms. The first-order valence-corrected chi connectivity index (χ1v) is 11.2. The summed E-state index contributed by atoms with van der Waals surface area (Å²) in [6, 6.07) is 16.2. The van der Waals surface area contributed by atoms with Crippen molar-refractivity contribution in [2.75, 3.05) is 4.90 Å². The molecule has 0 radical (unpaired) electrons. The summed E-state index contributed by atoms with van der Waals surface area (Å²) in [5.74, 6) is -1.17. The molecule has 1 aliphatic heterocycles. The Labute approximate surface area is 203 Å². The van der Waals surface area contributed by atoms with E-state index in [1.54, 1.807) is 18.2 Å². The maximum Gasteiger partial charge on any atom is 0.269 e. The quantitative estimate of drug-likeness (QED) is 0.228. The second-order valence-electron chi connectivity index (χ2n) is 7.44. The number of carbonyl (C=O) groups excluding carboxylic acids is 2. The second kappa shape index (κ2) is 10.2. The number of hydrogen-bond acceptors (Lipinski definition) is 7. The molecule has 1 saturated heterocycles. The lowest BCUT2D eigenvalue weighted by Gasteiger charge is -2.18. The highest BCUT2D eigenvalue weighted by Crippen LogP contribution is 2.42. The third-order valence-corrected chi connectivity index (χ3v) is 6.40. The van der Waals surface area contributed by atoms with E-state index in [2.05, 4.69) is 5.32 Å². The average molecular weight is 492 g/mol. The molecule has 3 aromatic rings. The Bertz CT molecular complexity index is 1350. The fraction of sp³-hybridized carbons (Fsp3) is 0.125. The van der Waals surface area contributed by atoms with Gasteiger partial charge in [0.2, 0.25) is 5.91 Å². The number of nitriles is 1. The molecule has 0 saturated carbocycles. The molecule has 35 heavy (non-hydrogen) atoms. The molecule has 2 amide bonds. The summed E-state index contributed by atoms with van der Waals surface area (Å²) in [6.45, 7) is 0.0383. The molecule has 9 nitrogen and oxygen atoms in total. The SMILES string of the molecule is N#C/C(C(=O)NCc1ccco1)=C1/SC(Cc2cccc([N+](=O)[O-])c2)C(=O)N1c1ccc(F)cc1. The van der Waals surface area contributed by atoms with Crippen molar-refractivity contribution in [2.45, 2.75) is 18.2 Å². The maximum atomic E-state index is 13.5. The first-order valence-electron chi connectivity index (χ1n) is 10.3. The molecule has 1 aromatic heterocycles. The van der Waals surface area contributed by atoms with Gasteiger partial charge in [0, 0.05) is 17.8 Å². The molecule has 1 fully saturated rings. The number of nitrogens with one attached hydrogen (secondary N) is 1. The van der Waals surface area contributed by atoms with E-state index in [4.69, 9.17) is 4.42 Å². The molecule has 1 aliphatic rings. The highest BCUT2D eigenvalue weighted by molar-refractivity contribution is 8.05. The molecular weight excluding hydrogens is 475 g/mol. The van der Waals surface area contributed by atoms with Crippen LogP contribution < -0.4 is 10.2 Å². The molecule has 2 aromatic carbocycles. The Balaban J connectivity index is 1.68. The summed E-state index contributed by atoms with van der Waals surface area (Å²) in [6.07, 6.45) is 1.57. The van der Waals surface area contributed by atoms with Crippen molar-refractivity contribution in [2.24, 2.45) is 0 Å². The van der Waals surface area contributed by atoms with Crippen LogP contribution in [0.2, 0.25) is 0 Å². The third kappa shape index (κ3) is 5.23. The second-order valence-corrected chi connectivity index (χ2v) is 8.63. The van der Waals surface area contributed by atoms with E-state index in [1.165, 1.54) is 53.6 Å². The molecule has 0 spiro atoms. The molecule has 2 heterocycles. The number of carbonyl (C=O) groups is 2. The number of furan rings is 1. The zero-order chi connectivity index (χ0) is 24.9. The minimum Gasteiger partial charge on any atom is -0.467 e. The summed E-state index contributed by atoms with van der Waals surface area (Å²) in [7, 11) is 0. The summed E-state index contributed by atoms with van der Waals surface area (Å²) in [4.78, 5) is 38.1. The van der Waals surface area contributed by atoms with E-state index in [9.17, 15) is 29.4 Å². The van der Waals surface area contributed by atoms with Crippen molar-refractivity contribution < 1.29 is 23.3 Å². The number of rotatable bonds is 7. The van der Waals surface area contributed by atoms with Crippen molar-refractivity contribution in [1.82, 2.24) is 5.32 Å². The first-order chi connectivity index (χ1) is 16.9. The number of non-ortho nitro benzene ring substituents is 1. The Morgan fingerprint density at radius 1 is 1.23 bits per heavy atom. The predicted molar refractivity (Wildman–Crippen MR) is 125 cm³/mol. The maximum absolute atomic E-state index is 13.5. The molecule has 176 valence electrons. The Morgan fingerprint density at radius 2 is 2.00 bits per heavy atom. The number of thioether (sulfide) groups is 1. The number of nitro groups is 1. The van der Waals surface area contributed by atoms with Crippen LogP contribution in [0.25, 0.3) is 0 Å². The highest BCUT2D eigenvalue weighted by atomic mass is 32.2. The average Bonchev–Trinajstić information content (AvgIpc) is 3.48. The van der Waals surface area contributed by atoms with Gasteiger partial charge in [0.25, 0.3) is 11.6 Å². The van der Waals surface area contributed by atoms with Crippen LogP contribution in [0.5, 0.6) is 0 Å². The lowest BCUT2D eigenvalue weighted by molar-refractivity contribution is -0.384. The largest absolute Gasteiger partial charge is 0.467 e. The van der Waals surface area contributed by atoms with E-state index >= 15 is 0 Å². The van der Waals surface area contributed by atoms with Gasteiger partial charge in [-0.1, -0.05) is 23.9 Å². The van der Waals surface area contributed by atoms with E-state index in [0.29, 0.717) is 11.3 Å². The molecule has 4 rings (SSSR count). The van der Waals surface area contributed by atoms with Gasteiger partial charge >= 0.3 is 0 Å². The molecular formula is C24H17FN4O5S. The highest BCUT2D eigenvalue weighted by Gasteiger charge is 2.41. The van der Waals surface area contributed by atoms with Crippen LogP contribution >= 0.6 is 11.8 Å². The van der Waals surface area contributed by atoms with Crippen LogP contribution in [0.1, 0.15) is 11.3 Å². The molecule has 1 N–H and O–H groups in total. The van der Waals surface area contributed by atoms with Gasteiger partial charge in [-0.3, -0.25) is 24.6 Å². The van der Waals surface area contributed by atoms with Crippen molar-refractivity contribution in [3.63, 3.8) is 0 Å². The van der Waals surface area contributed by atoms with Gasteiger partial charge in [0.05, 0.1) is 23.0 Å². The number of nitro benzene ring substituents is 1. The number of amides is 2. The van der Waals surface area contributed by atoms with E-state index in [0.717, 1.165) is 11.8 Å². The third-order valence-electron chi connectivity index (χ3n) is 5.14. The van der Waals surface area contributed by atoms with E-state index in [1.807, 2.05) is 6.07 Å². The van der Waals surface area contributed by atoms with Gasteiger partial charge in [0.15, 0.2) is 0 Å². The topological polar surface area (TPSA) is 129 Å². The van der Waals surface area contributed by atoms with Gasteiger partial charge < -0.3 is 9.73 Å². The Kier molecular flexibility index (Phi) is 6.93. The number of nitrogens with zero attached hydrogens (tertiary/aromatic N) is 3. The van der Waals surface area contributed by atoms with Crippen LogP contribution in [0.3, 0.4) is 0 Å². The van der Waals surface area contributed by atoms with Crippen molar-refractivity contribution >= 4 is 35.0 Å². The number of benzene rings is 2. The lowest BCUT2D eigenvalue weighted by atomic mass is 10.1. The van der Waals surface area contributed by atoms with Crippen LogP contribution in [0.4, 0.5) is 15.8 Å². The molecule has 1 atom stereocenters. The first kappa shape index (κ1) is 23.7. The minimum atomic E-state index is -0.765. The fourth-order valence-electron chi connectivity index (χ4n) is 3.49. The summed E-state index contributed by atoms with van der Waals surface area (Å²) in [5, 5.41) is 22.8. The predicted octanol–water partition coefficient (Wildman–Crippen LogP) is 4.07. The van der Waals surface area contributed by atoms with Gasteiger partial charge in [-0.15, -0.1) is 0 Å². The van der Waals surface area contributed by atoms with Gasteiger partial charge in [0.1, 0.15) is 28.2 Å². The zero-order valence-electron chi connectivity index (χ0n) is 18.0. The van der Waals surface area contributed by atoms with Crippen LogP contribution in [-0.2, 0) is 22.6 Å². The fourth-order valence-corrected chi connectivity index (χ4v) is 4.80. The normalized spacial score (nSPS) is 16.6. The molecule has 0 aliphatic carbocycles. The van der Waals surface area contributed by atoms with Gasteiger partial charge in [-0.25, -0.2) is 4.39 Å². The number of anilines is 1. The smallest absolute Gasteiger partial charge is 0.269 e. The summed E-state index contributed by atoms with van der Waals surface area (Å²) < 4.78 is 18.7. The van der Waals surface area contributed by atoms with Gasteiger partial charge in [-0.2, -0.15) is 5.26 Å². The van der Waals surface area contributed by atoms with Crippen molar-refractivity contribution in [1.29, 1.82) is 5.26 Å². The molecule has 1 unspecified atom stereocenters. The number of halogens is 1. The summed E-state index contributed by atoms with van der Waals surface area (Å²) >= 11 is 1.00. The van der Waals surface area contributed by atoms with Crippen molar-refractivity contribution in [3.05, 3.63) is 105 Å². The van der Waals surface area contributed by atoms with E-state index < -0.39 is 27.8 Å². The zero-order valence-corrected chi connectivity index (χ0v) is 18.8. The Hall–Kier alpha value is -4.43. The lowest BCUT2D eigenvalue weighted by Crippen LogP contribution is -2.32. The van der Waals surface area contributed by atoms with Crippen LogP contribution in [-0.4, -0.2) is 22.0 Å². The Morgan fingerprint density at radius 3 is 2.66 bits per heavy atom. The van der Waals surface area contributed by atoms with Crippen molar-refractivity contribution in [3.8, 4) is 6.07 Å². The summed E-state index contributed by atoms with van der Waals surface area (Å²) in [5.41, 5.74) is 0.429.